The monoisotopic (exact) mass is 333 g/mol. The Morgan fingerprint density at radius 2 is 2.04 bits per heavy atom. The first-order valence-corrected chi connectivity index (χ1v) is 9.40. The number of nitrogens with one attached hydrogen (secondary N) is 1. The molecule has 0 spiro atoms. The Morgan fingerprint density at radius 1 is 1.26 bits per heavy atom. The van der Waals surface area contributed by atoms with Gasteiger partial charge in [0.1, 0.15) is 6.54 Å². The molecule has 0 saturated carbocycles. The summed E-state index contributed by atoms with van der Waals surface area (Å²) < 4.78 is 24.4. The molecule has 0 aliphatic carbocycles. The Morgan fingerprint density at radius 3 is 2.74 bits per heavy atom. The molecule has 3 rings (SSSR count). The summed E-state index contributed by atoms with van der Waals surface area (Å²) in [5.41, 5.74) is 1.82. The lowest BCUT2D eigenvalue weighted by molar-refractivity contribution is -0.122. The number of carbonyl (C=O) groups excluding carboxylic acids is 1. The molecule has 1 saturated heterocycles. The van der Waals surface area contributed by atoms with E-state index >= 15 is 0 Å². The van der Waals surface area contributed by atoms with Crippen LogP contribution in [0.1, 0.15) is 6.42 Å². The zero-order chi connectivity index (χ0) is 16.3. The average Bonchev–Trinajstić information content (AvgIpc) is 3.12. The quantitative estimate of drug-likeness (QED) is 0.888. The zero-order valence-electron chi connectivity index (χ0n) is 12.7. The molecule has 6 nitrogen and oxygen atoms in total. The Labute approximate surface area is 135 Å². The van der Waals surface area contributed by atoms with E-state index in [-0.39, 0.29) is 29.9 Å². The number of sulfone groups is 1. The first kappa shape index (κ1) is 15.7. The third kappa shape index (κ3) is 4.19. The molecule has 7 heteroatoms. The summed E-state index contributed by atoms with van der Waals surface area (Å²) in [4.78, 5) is 12.0. The van der Waals surface area contributed by atoms with Gasteiger partial charge in [-0.15, -0.1) is 0 Å². The molecule has 0 radical (unpaired) electrons. The maximum atomic E-state index is 12.0. The van der Waals surface area contributed by atoms with Gasteiger partial charge in [0.15, 0.2) is 9.84 Å². The highest BCUT2D eigenvalue weighted by Gasteiger charge is 2.27. The second kappa shape index (κ2) is 6.54. The largest absolute Gasteiger partial charge is 0.354 e. The topological polar surface area (TPSA) is 81.1 Å². The number of hydrogen-bond donors (Lipinski definition) is 1. The molecule has 1 aromatic carbocycles. The molecule has 1 N–H and O–H groups in total. The molecule has 1 aliphatic heterocycles. The molecule has 2 heterocycles. The van der Waals surface area contributed by atoms with Gasteiger partial charge in [-0.2, -0.15) is 5.10 Å². The van der Waals surface area contributed by atoms with Gasteiger partial charge in [-0.3, -0.25) is 9.48 Å². The van der Waals surface area contributed by atoms with Crippen LogP contribution in [-0.4, -0.2) is 42.2 Å². The Balaban J connectivity index is 1.52. The second-order valence-corrected chi connectivity index (χ2v) is 8.07. The van der Waals surface area contributed by atoms with Crippen molar-refractivity contribution in [3.05, 3.63) is 42.6 Å². The van der Waals surface area contributed by atoms with Gasteiger partial charge in [0.2, 0.25) is 5.91 Å². The van der Waals surface area contributed by atoms with Crippen molar-refractivity contribution in [2.45, 2.75) is 13.0 Å². The summed E-state index contributed by atoms with van der Waals surface area (Å²) in [7, 11) is -2.90. The maximum absolute atomic E-state index is 12.0. The van der Waals surface area contributed by atoms with E-state index in [2.05, 4.69) is 10.4 Å². The van der Waals surface area contributed by atoms with Crippen LogP contribution in [0.2, 0.25) is 0 Å². The van der Waals surface area contributed by atoms with E-state index in [4.69, 9.17) is 0 Å². The van der Waals surface area contributed by atoms with E-state index in [0.29, 0.717) is 13.0 Å². The third-order valence-corrected chi connectivity index (χ3v) is 5.77. The van der Waals surface area contributed by atoms with Crippen LogP contribution in [0.5, 0.6) is 0 Å². The molecule has 1 atom stereocenters. The van der Waals surface area contributed by atoms with Crippen molar-refractivity contribution >= 4 is 15.7 Å². The highest BCUT2D eigenvalue weighted by Crippen LogP contribution is 2.17. The Bertz CT molecular complexity index is 784. The fourth-order valence-electron chi connectivity index (χ4n) is 2.71. The lowest BCUT2D eigenvalue weighted by Crippen LogP contribution is -2.32. The number of rotatable bonds is 5. The number of benzene rings is 1. The molecule has 1 amide bonds. The van der Waals surface area contributed by atoms with Gasteiger partial charge in [0.25, 0.3) is 0 Å². The predicted octanol–water partition coefficient (Wildman–Crippen LogP) is 1.10. The molecular weight excluding hydrogens is 314 g/mol. The van der Waals surface area contributed by atoms with E-state index in [1.54, 1.807) is 10.9 Å². The molecular formula is C16H19N3O3S. The van der Waals surface area contributed by atoms with Crippen molar-refractivity contribution in [2.75, 3.05) is 18.1 Å². The molecule has 122 valence electrons. The van der Waals surface area contributed by atoms with Crippen LogP contribution in [0.25, 0.3) is 11.3 Å². The number of carbonyl (C=O) groups is 1. The molecule has 0 unspecified atom stereocenters. The number of amides is 1. The molecule has 1 aliphatic rings. The minimum Gasteiger partial charge on any atom is -0.354 e. The van der Waals surface area contributed by atoms with Crippen molar-refractivity contribution in [2.24, 2.45) is 5.92 Å². The third-order valence-electron chi connectivity index (χ3n) is 3.93. The van der Waals surface area contributed by atoms with Crippen LogP contribution in [0.3, 0.4) is 0 Å². The summed E-state index contributed by atoms with van der Waals surface area (Å²) >= 11 is 0. The van der Waals surface area contributed by atoms with Gasteiger partial charge in [-0.25, -0.2) is 8.42 Å². The standard InChI is InChI=1S/C16H19N3O3S/c20-16(17-10-13-7-9-23(21,22)12-13)11-19-8-6-15(18-19)14-4-2-1-3-5-14/h1-6,8,13H,7,9-12H2,(H,17,20)/t13-/m1/s1. The summed E-state index contributed by atoms with van der Waals surface area (Å²) in [5.74, 6) is 0.277. The van der Waals surface area contributed by atoms with Crippen LogP contribution in [0.15, 0.2) is 42.6 Å². The average molecular weight is 333 g/mol. The van der Waals surface area contributed by atoms with Gasteiger partial charge < -0.3 is 5.32 Å². The van der Waals surface area contributed by atoms with Gasteiger partial charge in [-0.05, 0) is 18.4 Å². The first-order chi connectivity index (χ1) is 11.0. The smallest absolute Gasteiger partial charge is 0.241 e. The predicted molar refractivity (Wildman–Crippen MR) is 87.4 cm³/mol. The van der Waals surface area contributed by atoms with Crippen LogP contribution in [-0.2, 0) is 21.2 Å². The van der Waals surface area contributed by atoms with Crippen LogP contribution in [0, 0.1) is 5.92 Å². The first-order valence-electron chi connectivity index (χ1n) is 7.58. The van der Waals surface area contributed by atoms with Crippen molar-refractivity contribution in [1.29, 1.82) is 0 Å². The second-order valence-electron chi connectivity index (χ2n) is 5.84. The lowest BCUT2D eigenvalue weighted by atomic mass is 10.1. The Kier molecular flexibility index (Phi) is 4.47. The zero-order valence-corrected chi connectivity index (χ0v) is 13.5. The summed E-state index contributed by atoms with van der Waals surface area (Å²) in [6.07, 6.45) is 2.39. The lowest BCUT2D eigenvalue weighted by Gasteiger charge is -2.09. The molecule has 0 bridgehead atoms. The number of hydrogen-bond acceptors (Lipinski definition) is 4. The van der Waals surface area contributed by atoms with Gasteiger partial charge >= 0.3 is 0 Å². The van der Waals surface area contributed by atoms with Crippen molar-refractivity contribution in [3.63, 3.8) is 0 Å². The van der Waals surface area contributed by atoms with E-state index in [1.165, 1.54) is 0 Å². The van der Waals surface area contributed by atoms with E-state index in [0.717, 1.165) is 11.3 Å². The summed E-state index contributed by atoms with van der Waals surface area (Å²) in [6, 6.07) is 11.6. The van der Waals surface area contributed by atoms with Gasteiger partial charge in [0, 0.05) is 18.3 Å². The van der Waals surface area contributed by atoms with Crippen LogP contribution in [0.4, 0.5) is 0 Å². The summed E-state index contributed by atoms with van der Waals surface area (Å²) in [5, 5.41) is 7.18. The minimum absolute atomic E-state index is 0.0291. The highest BCUT2D eigenvalue weighted by atomic mass is 32.2. The van der Waals surface area contributed by atoms with Gasteiger partial charge in [-0.1, -0.05) is 30.3 Å². The molecule has 2 aromatic rings. The van der Waals surface area contributed by atoms with E-state index < -0.39 is 9.84 Å². The van der Waals surface area contributed by atoms with Crippen molar-refractivity contribution in [1.82, 2.24) is 15.1 Å². The minimum atomic E-state index is -2.90. The fourth-order valence-corrected chi connectivity index (χ4v) is 4.57. The molecule has 1 fully saturated rings. The SMILES string of the molecule is O=C(Cn1ccc(-c2ccccc2)n1)NC[C@H]1CCS(=O)(=O)C1. The van der Waals surface area contributed by atoms with Crippen molar-refractivity contribution < 1.29 is 13.2 Å². The fraction of sp³-hybridized carbons (Fsp3) is 0.375. The van der Waals surface area contributed by atoms with Crippen molar-refractivity contribution in [3.8, 4) is 11.3 Å². The number of nitrogens with zero attached hydrogens (tertiary/aromatic N) is 2. The highest BCUT2D eigenvalue weighted by molar-refractivity contribution is 7.91. The normalized spacial score (nSPS) is 19.6. The molecule has 1 aromatic heterocycles. The van der Waals surface area contributed by atoms with E-state index in [1.807, 2.05) is 36.4 Å². The maximum Gasteiger partial charge on any atom is 0.241 e. The number of aromatic nitrogens is 2. The Hall–Kier alpha value is -2.15. The molecule has 23 heavy (non-hydrogen) atoms. The van der Waals surface area contributed by atoms with Crippen LogP contribution >= 0.6 is 0 Å². The van der Waals surface area contributed by atoms with Gasteiger partial charge in [0.05, 0.1) is 17.2 Å². The summed E-state index contributed by atoms with van der Waals surface area (Å²) in [6.45, 7) is 0.539. The van der Waals surface area contributed by atoms with Crippen LogP contribution < -0.4 is 5.32 Å². The van der Waals surface area contributed by atoms with E-state index in [9.17, 15) is 13.2 Å².